The minimum Gasteiger partial charge on any atom is -0.377 e. The zero-order chi connectivity index (χ0) is 8.32. The maximum atomic E-state index is 5.24. The molecule has 0 saturated carbocycles. The van der Waals surface area contributed by atoms with E-state index in [1.165, 1.54) is 0 Å². The quantitative estimate of drug-likeness (QED) is 0.442. The molecule has 0 aromatic carbocycles. The van der Waals surface area contributed by atoms with Crippen LogP contribution in [-0.4, -0.2) is 33.2 Å². The molecular weight excluding hydrogens is 144 g/mol. The average Bonchev–Trinajstić information content (AvgIpc) is 2.06. The largest absolute Gasteiger partial charge is 0.377 e. The first-order valence-electron chi connectivity index (χ1n) is 3.61. The minimum absolute atomic E-state index is 0.529. The van der Waals surface area contributed by atoms with E-state index in [0.29, 0.717) is 13.2 Å². The highest BCUT2D eigenvalue weighted by atomic mass is 16.7. The summed E-state index contributed by atoms with van der Waals surface area (Å²) in [5, 5.41) is 0. The standard InChI is InChI=1S/C8H14O3/c1-7-6-11-5-4-8(7,9-2)10-3/h1,4-6H2,2-3H3. The average molecular weight is 158 g/mol. The van der Waals surface area contributed by atoms with Gasteiger partial charge in [0.05, 0.1) is 13.2 Å². The van der Waals surface area contributed by atoms with Gasteiger partial charge in [-0.15, -0.1) is 0 Å². The van der Waals surface area contributed by atoms with Crippen molar-refractivity contribution in [1.29, 1.82) is 0 Å². The third kappa shape index (κ3) is 1.45. The van der Waals surface area contributed by atoms with E-state index >= 15 is 0 Å². The highest BCUT2D eigenvalue weighted by Crippen LogP contribution is 2.28. The molecule has 1 fully saturated rings. The van der Waals surface area contributed by atoms with Gasteiger partial charge in [0.25, 0.3) is 0 Å². The van der Waals surface area contributed by atoms with Gasteiger partial charge in [0, 0.05) is 26.2 Å². The summed E-state index contributed by atoms with van der Waals surface area (Å²) in [7, 11) is 3.25. The summed E-state index contributed by atoms with van der Waals surface area (Å²) in [6, 6.07) is 0. The van der Waals surface area contributed by atoms with Crippen molar-refractivity contribution in [2.24, 2.45) is 0 Å². The molecule has 0 atom stereocenters. The maximum absolute atomic E-state index is 5.24. The second-order valence-electron chi connectivity index (χ2n) is 2.57. The van der Waals surface area contributed by atoms with Crippen molar-refractivity contribution < 1.29 is 14.2 Å². The first-order chi connectivity index (χ1) is 5.25. The summed E-state index contributed by atoms with van der Waals surface area (Å²) in [6.07, 6.45) is 0.721. The van der Waals surface area contributed by atoms with Crippen molar-refractivity contribution in [3.05, 3.63) is 12.2 Å². The Labute approximate surface area is 66.9 Å². The van der Waals surface area contributed by atoms with Gasteiger partial charge in [-0.25, -0.2) is 0 Å². The Morgan fingerprint density at radius 2 is 2.09 bits per heavy atom. The first-order valence-corrected chi connectivity index (χ1v) is 3.61. The molecule has 0 aliphatic carbocycles. The van der Waals surface area contributed by atoms with Crippen LogP contribution in [0.4, 0.5) is 0 Å². The molecule has 0 N–H and O–H groups in total. The summed E-state index contributed by atoms with van der Waals surface area (Å²) in [4.78, 5) is 0. The lowest BCUT2D eigenvalue weighted by Gasteiger charge is -2.36. The van der Waals surface area contributed by atoms with Crippen LogP contribution >= 0.6 is 0 Å². The normalized spacial score (nSPS) is 23.6. The SMILES string of the molecule is C=C1COCCC1(OC)OC. The van der Waals surface area contributed by atoms with Crippen molar-refractivity contribution in [2.45, 2.75) is 12.2 Å². The molecule has 1 rings (SSSR count). The van der Waals surface area contributed by atoms with Gasteiger partial charge in [0.2, 0.25) is 0 Å². The van der Waals surface area contributed by atoms with E-state index < -0.39 is 5.79 Å². The fraction of sp³-hybridized carbons (Fsp3) is 0.750. The Kier molecular flexibility index (Phi) is 2.65. The summed E-state index contributed by atoms with van der Waals surface area (Å²) < 4.78 is 15.7. The van der Waals surface area contributed by atoms with Crippen LogP contribution in [0.1, 0.15) is 6.42 Å². The van der Waals surface area contributed by atoms with Crippen LogP contribution in [0.2, 0.25) is 0 Å². The second-order valence-corrected chi connectivity index (χ2v) is 2.57. The highest BCUT2D eigenvalue weighted by molar-refractivity contribution is 5.10. The lowest BCUT2D eigenvalue weighted by atomic mass is 10.0. The molecule has 0 aromatic heterocycles. The van der Waals surface area contributed by atoms with Gasteiger partial charge in [-0.3, -0.25) is 0 Å². The molecule has 0 radical (unpaired) electrons. The van der Waals surface area contributed by atoms with Crippen molar-refractivity contribution >= 4 is 0 Å². The van der Waals surface area contributed by atoms with Crippen molar-refractivity contribution in [1.82, 2.24) is 0 Å². The summed E-state index contributed by atoms with van der Waals surface area (Å²) in [6.45, 7) is 5.03. The summed E-state index contributed by atoms with van der Waals surface area (Å²) in [5.41, 5.74) is 0.855. The predicted molar refractivity (Wildman–Crippen MR) is 41.3 cm³/mol. The zero-order valence-corrected chi connectivity index (χ0v) is 7.05. The maximum Gasteiger partial charge on any atom is 0.194 e. The van der Waals surface area contributed by atoms with Crippen LogP contribution in [0, 0.1) is 0 Å². The van der Waals surface area contributed by atoms with E-state index in [0.717, 1.165) is 12.0 Å². The van der Waals surface area contributed by atoms with E-state index in [-0.39, 0.29) is 0 Å². The highest BCUT2D eigenvalue weighted by Gasteiger charge is 2.35. The topological polar surface area (TPSA) is 27.7 Å². The second kappa shape index (κ2) is 3.34. The van der Waals surface area contributed by atoms with Gasteiger partial charge in [-0.1, -0.05) is 6.58 Å². The molecule has 0 unspecified atom stereocenters. The fourth-order valence-corrected chi connectivity index (χ4v) is 1.26. The third-order valence-corrected chi connectivity index (χ3v) is 2.05. The van der Waals surface area contributed by atoms with E-state index in [2.05, 4.69) is 6.58 Å². The van der Waals surface area contributed by atoms with Crippen LogP contribution in [-0.2, 0) is 14.2 Å². The monoisotopic (exact) mass is 158 g/mol. The minimum atomic E-state index is -0.599. The van der Waals surface area contributed by atoms with Crippen LogP contribution < -0.4 is 0 Å². The van der Waals surface area contributed by atoms with E-state index in [4.69, 9.17) is 14.2 Å². The fourth-order valence-electron chi connectivity index (χ4n) is 1.26. The number of hydrogen-bond donors (Lipinski definition) is 0. The molecule has 0 bridgehead atoms. The molecule has 1 heterocycles. The molecule has 64 valence electrons. The van der Waals surface area contributed by atoms with E-state index in [9.17, 15) is 0 Å². The van der Waals surface area contributed by atoms with Crippen LogP contribution in [0.3, 0.4) is 0 Å². The molecule has 3 nitrogen and oxygen atoms in total. The molecule has 0 amide bonds. The Morgan fingerprint density at radius 3 is 2.45 bits per heavy atom. The third-order valence-electron chi connectivity index (χ3n) is 2.05. The molecule has 11 heavy (non-hydrogen) atoms. The first kappa shape index (κ1) is 8.71. The Hall–Kier alpha value is -0.380. The predicted octanol–water partition coefficient (Wildman–Crippen LogP) is 0.952. The molecular formula is C8H14O3. The van der Waals surface area contributed by atoms with Gasteiger partial charge in [0.1, 0.15) is 0 Å². The lowest BCUT2D eigenvalue weighted by molar-refractivity contribution is -0.206. The van der Waals surface area contributed by atoms with Crippen molar-refractivity contribution in [2.75, 3.05) is 27.4 Å². The number of rotatable bonds is 2. The molecule has 0 spiro atoms. The molecule has 0 aromatic rings. The number of methoxy groups -OCH3 is 2. The lowest BCUT2D eigenvalue weighted by Crippen LogP contribution is -2.41. The molecule has 1 aliphatic rings. The van der Waals surface area contributed by atoms with Gasteiger partial charge < -0.3 is 14.2 Å². The van der Waals surface area contributed by atoms with Gasteiger partial charge >= 0.3 is 0 Å². The molecule has 1 saturated heterocycles. The number of ether oxygens (including phenoxy) is 3. The molecule has 3 heteroatoms. The van der Waals surface area contributed by atoms with Crippen molar-refractivity contribution in [3.63, 3.8) is 0 Å². The van der Waals surface area contributed by atoms with Crippen LogP contribution in [0.15, 0.2) is 12.2 Å². The van der Waals surface area contributed by atoms with E-state index in [1.54, 1.807) is 14.2 Å². The Balaban J connectivity index is 2.69. The smallest absolute Gasteiger partial charge is 0.194 e. The van der Waals surface area contributed by atoms with E-state index in [1.807, 2.05) is 0 Å². The Morgan fingerprint density at radius 1 is 1.45 bits per heavy atom. The van der Waals surface area contributed by atoms with Gasteiger partial charge in [-0.2, -0.15) is 0 Å². The number of hydrogen-bond acceptors (Lipinski definition) is 3. The van der Waals surface area contributed by atoms with Gasteiger partial charge in [0.15, 0.2) is 5.79 Å². The zero-order valence-electron chi connectivity index (χ0n) is 7.05. The summed E-state index contributed by atoms with van der Waals surface area (Å²) >= 11 is 0. The van der Waals surface area contributed by atoms with Crippen LogP contribution in [0.5, 0.6) is 0 Å². The van der Waals surface area contributed by atoms with Crippen molar-refractivity contribution in [3.8, 4) is 0 Å². The summed E-state index contributed by atoms with van der Waals surface area (Å²) in [5.74, 6) is -0.599. The Bertz CT molecular complexity index is 149. The van der Waals surface area contributed by atoms with Crippen LogP contribution in [0.25, 0.3) is 0 Å². The molecule has 1 aliphatic heterocycles. The van der Waals surface area contributed by atoms with Gasteiger partial charge in [-0.05, 0) is 0 Å².